The molecule has 36 heavy (non-hydrogen) atoms. The molecule has 0 bridgehead atoms. The van der Waals surface area contributed by atoms with E-state index < -0.39 is 10.8 Å². The van der Waals surface area contributed by atoms with Crippen molar-refractivity contribution in [2.24, 2.45) is 22.5 Å². The molecule has 1 aliphatic carbocycles. The number of hydrogen-bond donors (Lipinski definition) is 1. The summed E-state index contributed by atoms with van der Waals surface area (Å²) in [6.45, 7) is 4.58. The molecule has 2 heterocycles. The normalized spacial score (nSPS) is 23.1. The second-order valence-corrected chi connectivity index (χ2v) is 10.2. The first kappa shape index (κ1) is 23.8. The molecule has 6 nitrogen and oxygen atoms in total. The number of rotatable bonds is 4. The minimum absolute atomic E-state index is 0.102. The molecule has 5 rings (SSSR count). The number of nitriles is 3. The van der Waals surface area contributed by atoms with Crippen molar-refractivity contribution < 1.29 is 0 Å². The van der Waals surface area contributed by atoms with Crippen molar-refractivity contribution in [1.29, 1.82) is 15.8 Å². The highest BCUT2D eigenvalue weighted by Crippen LogP contribution is 2.61. The lowest BCUT2D eigenvalue weighted by molar-refractivity contribution is -0.0137. The van der Waals surface area contributed by atoms with Gasteiger partial charge < -0.3 is 5.73 Å². The Kier molecular flexibility index (Phi) is 6.38. The van der Waals surface area contributed by atoms with Crippen molar-refractivity contribution in [2.45, 2.75) is 25.9 Å². The molecule has 2 N–H and O–H groups in total. The van der Waals surface area contributed by atoms with Crippen molar-refractivity contribution in [3.05, 3.63) is 94.7 Å². The van der Waals surface area contributed by atoms with Gasteiger partial charge in [-0.2, -0.15) is 15.8 Å². The van der Waals surface area contributed by atoms with Crippen LogP contribution in [0.15, 0.2) is 83.6 Å². The molecule has 2 aromatic rings. The number of nitrogens with zero attached hydrogens (tertiary/aromatic N) is 5. The van der Waals surface area contributed by atoms with Gasteiger partial charge >= 0.3 is 0 Å². The Morgan fingerprint density at radius 2 is 1.39 bits per heavy atom. The van der Waals surface area contributed by atoms with Gasteiger partial charge in [0.15, 0.2) is 5.41 Å². The third kappa shape index (κ3) is 3.78. The number of piperidine rings is 1. The molecule has 3 aliphatic rings. The Balaban J connectivity index is 1.51. The molecule has 1 spiro atoms. The van der Waals surface area contributed by atoms with Crippen LogP contribution in [0.5, 0.6) is 0 Å². The third-order valence-electron chi connectivity index (χ3n) is 8.45. The van der Waals surface area contributed by atoms with Gasteiger partial charge in [-0.25, -0.2) is 0 Å². The first-order chi connectivity index (χ1) is 17.6. The van der Waals surface area contributed by atoms with E-state index in [9.17, 15) is 15.8 Å². The fourth-order valence-corrected chi connectivity index (χ4v) is 6.56. The van der Waals surface area contributed by atoms with Crippen molar-refractivity contribution in [3.8, 4) is 18.2 Å². The first-order valence-corrected chi connectivity index (χ1v) is 12.5. The highest BCUT2D eigenvalue weighted by Gasteiger charge is 2.64. The predicted octanol–water partition coefficient (Wildman–Crippen LogP) is 4.11. The molecular weight excluding hydrogens is 444 g/mol. The minimum Gasteiger partial charge on any atom is -0.399 e. The molecule has 0 amide bonds. The van der Waals surface area contributed by atoms with Crippen LogP contribution in [0.2, 0.25) is 0 Å². The summed E-state index contributed by atoms with van der Waals surface area (Å²) in [5, 5.41) is 31.0. The quantitative estimate of drug-likeness (QED) is 0.715. The summed E-state index contributed by atoms with van der Waals surface area (Å²) in [6.07, 6.45) is 3.47. The zero-order chi connectivity index (χ0) is 25.2. The SMILES string of the molecule is N#CC1=C(N)C(C#N)(C#N)C2(CCN(Cc3ccccc3)CC2)C2CN(Cc3ccccc3)CC=C12. The topological polar surface area (TPSA) is 104 Å². The number of allylic oxidation sites excluding steroid dienone is 2. The zero-order valence-corrected chi connectivity index (χ0v) is 20.4. The Bertz CT molecular complexity index is 1280. The second-order valence-electron chi connectivity index (χ2n) is 10.2. The number of benzene rings is 2. The molecule has 2 aliphatic heterocycles. The summed E-state index contributed by atoms with van der Waals surface area (Å²) in [7, 11) is 0. The van der Waals surface area contributed by atoms with E-state index in [1.807, 2.05) is 36.4 Å². The Hall–Kier alpha value is -3.89. The number of nitrogens with two attached hydrogens (primary N) is 1. The molecular formula is C30H30N6. The molecule has 1 saturated heterocycles. The van der Waals surface area contributed by atoms with Crippen LogP contribution in [0, 0.1) is 50.7 Å². The van der Waals surface area contributed by atoms with Gasteiger partial charge in [-0.3, -0.25) is 9.80 Å². The smallest absolute Gasteiger partial charge is 0.190 e. The van der Waals surface area contributed by atoms with Crippen LogP contribution in [-0.2, 0) is 13.1 Å². The lowest BCUT2D eigenvalue weighted by Gasteiger charge is -2.57. The Labute approximate surface area is 213 Å². The second kappa shape index (κ2) is 9.63. The zero-order valence-electron chi connectivity index (χ0n) is 20.4. The highest BCUT2D eigenvalue weighted by molar-refractivity contribution is 5.58. The highest BCUT2D eigenvalue weighted by atomic mass is 15.2. The van der Waals surface area contributed by atoms with E-state index in [0.29, 0.717) is 31.5 Å². The molecule has 6 heteroatoms. The standard InChI is InChI=1S/C30H30N6/c31-17-26-25-11-14-36(19-24-9-5-2-6-10-24)20-27(25)29(30(21-32,22-33)28(26)34)12-15-35(16-13-29)18-23-7-3-1-4-8-23/h1-11,27H,12-16,18-20,34H2. The number of fused-ring (bicyclic) bond motifs is 2. The number of hydrogen-bond acceptors (Lipinski definition) is 6. The molecule has 1 fully saturated rings. The fraction of sp³-hybridized carbons (Fsp3) is 0.367. The van der Waals surface area contributed by atoms with Crippen LogP contribution in [0.25, 0.3) is 0 Å². The summed E-state index contributed by atoms with van der Waals surface area (Å²) >= 11 is 0. The van der Waals surface area contributed by atoms with Crippen molar-refractivity contribution in [2.75, 3.05) is 26.2 Å². The van der Waals surface area contributed by atoms with Crippen LogP contribution in [0.3, 0.4) is 0 Å². The minimum atomic E-state index is -1.52. The van der Waals surface area contributed by atoms with Gasteiger partial charge in [0.2, 0.25) is 0 Å². The predicted molar refractivity (Wildman–Crippen MR) is 137 cm³/mol. The van der Waals surface area contributed by atoms with E-state index in [-0.39, 0.29) is 11.6 Å². The summed E-state index contributed by atoms with van der Waals surface area (Å²) in [5.41, 5.74) is 8.28. The van der Waals surface area contributed by atoms with E-state index in [2.05, 4.69) is 58.3 Å². The number of likely N-dealkylation sites (tertiary alicyclic amines) is 1. The summed E-state index contributed by atoms with van der Waals surface area (Å²) < 4.78 is 0. The van der Waals surface area contributed by atoms with E-state index in [1.165, 1.54) is 11.1 Å². The van der Waals surface area contributed by atoms with Gasteiger partial charge in [-0.05, 0) is 42.6 Å². The van der Waals surface area contributed by atoms with Gasteiger partial charge in [0.05, 0.1) is 23.4 Å². The van der Waals surface area contributed by atoms with Gasteiger partial charge in [0, 0.05) is 37.5 Å². The maximum Gasteiger partial charge on any atom is 0.190 e. The van der Waals surface area contributed by atoms with E-state index >= 15 is 0 Å². The van der Waals surface area contributed by atoms with Gasteiger partial charge in [0.1, 0.15) is 6.07 Å². The van der Waals surface area contributed by atoms with Crippen LogP contribution < -0.4 is 5.73 Å². The average molecular weight is 475 g/mol. The van der Waals surface area contributed by atoms with Gasteiger partial charge in [-0.15, -0.1) is 0 Å². The first-order valence-electron chi connectivity index (χ1n) is 12.5. The van der Waals surface area contributed by atoms with Crippen LogP contribution in [0.1, 0.15) is 24.0 Å². The average Bonchev–Trinajstić information content (AvgIpc) is 2.92. The maximum absolute atomic E-state index is 10.5. The summed E-state index contributed by atoms with van der Waals surface area (Å²) in [4.78, 5) is 4.76. The van der Waals surface area contributed by atoms with Crippen LogP contribution >= 0.6 is 0 Å². The van der Waals surface area contributed by atoms with E-state index in [1.54, 1.807) is 0 Å². The summed E-state index contributed by atoms with van der Waals surface area (Å²) in [6, 6.07) is 27.6. The van der Waals surface area contributed by atoms with Crippen molar-refractivity contribution in [3.63, 3.8) is 0 Å². The molecule has 0 aromatic heterocycles. The van der Waals surface area contributed by atoms with Crippen LogP contribution in [0.4, 0.5) is 0 Å². The van der Waals surface area contributed by atoms with Crippen LogP contribution in [-0.4, -0.2) is 36.0 Å². The van der Waals surface area contributed by atoms with E-state index in [0.717, 1.165) is 31.8 Å². The van der Waals surface area contributed by atoms with Crippen molar-refractivity contribution in [1.82, 2.24) is 9.80 Å². The summed E-state index contributed by atoms with van der Waals surface area (Å²) in [5.74, 6) is -0.102. The largest absolute Gasteiger partial charge is 0.399 e. The molecule has 2 aromatic carbocycles. The molecule has 0 radical (unpaired) electrons. The lowest BCUT2D eigenvalue weighted by atomic mass is 9.47. The van der Waals surface area contributed by atoms with E-state index in [4.69, 9.17) is 5.73 Å². The molecule has 180 valence electrons. The Morgan fingerprint density at radius 1 is 0.833 bits per heavy atom. The molecule has 1 atom stereocenters. The maximum atomic E-state index is 10.5. The Morgan fingerprint density at radius 3 is 1.92 bits per heavy atom. The fourth-order valence-electron chi connectivity index (χ4n) is 6.56. The molecule has 1 unspecified atom stereocenters. The monoisotopic (exact) mass is 474 g/mol. The third-order valence-corrected chi connectivity index (χ3v) is 8.45. The van der Waals surface area contributed by atoms with Gasteiger partial charge in [0.25, 0.3) is 0 Å². The van der Waals surface area contributed by atoms with Gasteiger partial charge in [-0.1, -0.05) is 66.7 Å². The lowest BCUT2D eigenvalue weighted by Crippen LogP contribution is -2.60. The van der Waals surface area contributed by atoms with Crippen molar-refractivity contribution >= 4 is 0 Å². The molecule has 0 saturated carbocycles.